The number of hydrogen-bond donors (Lipinski definition) is 8. The molecule has 0 atom stereocenters. The van der Waals surface area contributed by atoms with E-state index in [1.54, 1.807) is 0 Å². The molecule has 0 unspecified atom stereocenters. The summed E-state index contributed by atoms with van der Waals surface area (Å²) in [6.45, 7) is 24.6. The summed E-state index contributed by atoms with van der Waals surface area (Å²) in [6, 6.07) is 14.2. The third kappa shape index (κ3) is 16.5. The molecule has 10 nitrogen and oxygen atoms in total. The van der Waals surface area contributed by atoms with Crippen molar-refractivity contribution in [2.24, 2.45) is 0 Å². The van der Waals surface area contributed by atoms with Gasteiger partial charge in [0.2, 0.25) is 5.24 Å². The van der Waals surface area contributed by atoms with Crippen LogP contribution in [0.3, 0.4) is 0 Å². The molecule has 0 aliphatic rings. The van der Waals surface area contributed by atoms with E-state index in [4.69, 9.17) is 46.3 Å². The van der Waals surface area contributed by atoms with E-state index in [-0.39, 0.29) is 56.2 Å². The first-order valence-electron chi connectivity index (χ1n) is 19.3. The van der Waals surface area contributed by atoms with Crippen LogP contribution in [0.15, 0.2) is 54.6 Å². The Kier molecular flexibility index (Phi) is 20.1. The number of para-hydroxylation sites is 1. The molecule has 8 N–H and O–H groups in total. The number of ketones is 1. The van der Waals surface area contributed by atoms with Crippen molar-refractivity contribution in [1.29, 1.82) is 0 Å². The number of aromatic hydroxyl groups is 8. The van der Waals surface area contributed by atoms with Gasteiger partial charge in [-0.2, -0.15) is 0 Å². The second-order valence-corrected chi connectivity index (χ2v) is 23.5. The van der Waals surface area contributed by atoms with E-state index in [0.29, 0.717) is 30.8 Å². The third-order valence-electron chi connectivity index (χ3n) is 9.21. The molecule has 0 radical (unpaired) electrons. The van der Waals surface area contributed by atoms with Crippen molar-refractivity contribution in [2.75, 3.05) is 0 Å². The molecule has 60 heavy (non-hydrogen) atoms. The van der Waals surface area contributed by atoms with Gasteiger partial charge in [-0.3, -0.25) is 9.59 Å². The van der Waals surface area contributed by atoms with Gasteiger partial charge in [-0.1, -0.05) is 113 Å². The first-order valence-corrected chi connectivity index (χ1v) is 27.5. The zero-order valence-corrected chi connectivity index (χ0v) is 42.0. The minimum atomic E-state index is -0.931. The molecule has 0 fully saturated rings. The molecule has 0 aliphatic heterocycles. The molecule has 0 aliphatic carbocycles. The fraction of sp³-hybridized carbons (Fsp3) is 0.435. The number of benzene rings is 4. The van der Waals surface area contributed by atoms with Crippen LogP contribution in [0.25, 0.3) is 0 Å². The molecule has 4 aromatic rings. The van der Waals surface area contributed by atoms with E-state index in [0.717, 1.165) is 45.5 Å². The van der Waals surface area contributed by atoms with Gasteiger partial charge in [0.25, 0.3) is 0 Å². The zero-order valence-electron chi connectivity index (χ0n) is 36.8. The Hall–Kier alpha value is -3.89. The molecule has 0 bridgehead atoms. The molecule has 0 amide bonds. The number of phenolic OH excluding ortho intramolecular Hbond substituents is 8. The van der Waals surface area contributed by atoms with Gasteiger partial charge >= 0.3 is 34.5 Å². The second-order valence-electron chi connectivity index (χ2n) is 18.5. The van der Waals surface area contributed by atoms with Gasteiger partial charge in [0, 0.05) is 18.4 Å². The van der Waals surface area contributed by atoms with Crippen molar-refractivity contribution in [3.63, 3.8) is 0 Å². The molecular formula is C46H61Cl3O10Zn. The molecule has 0 saturated heterocycles. The van der Waals surface area contributed by atoms with Crippen molar-refractivity contribution >= 4 is 42.0 Å². The fourth-order valence-electron chi connectivity index (χ4n) is 5.89. The number of aryl methyl sites for hydroxylation is 2. The summed E-state index contributed by atoms with van der Waals surface area (Å²) >= 11 is 4.50. The average molecular weight is 946 g/mol. The first-order chi connectivity index (χ1) is 27.3. The SMILES string of the molecule is CC(C)(C)c1cc(CCC(=O)Cl)cc(C(C)(C)C)c1O.CC(C)(C)c1cc(CCC(=O)c2cc(O)c(O)c(O)c2)cc(C(C)(C)C)c1O.Oc1cccc(O)c1O.[Cl][Zn][Cl]. The standard InChI is InChI=1S/C23H30O5.C17H25ClO2.C6H6O3.2ClH.Zn/c1-22(2,3)15-9-13(10-16(20(15)27)23(4,5)6)7-8-17(24)14-11-18(25)21(28)19(26)12-14;1-16(2,3)12-9-11(7-8-14(18)19)10-13(15(12)20)17(4,5)6;7-4-2-1-3-5(8)6(4)9;;;/h9-12,25-28H,7-8H2,1-6H3;9-10,20H,7-8H2,1-6H3;1-3,7-9H;2*1H;/q;;;;;+2/p-2. The van der Waals surface area contributed by atoms with Crippen LogP contribution in [0, 0.1) is 0 Å². The summed E-state index contributed by atoms with van der Waals surface area (Å²) in [5.74, 6) is -2.39. The molecule has 4 rings (SSSR count). The van der Waals surface area contributed by atoms with Crippen molar-refractivity contribution in [3.05, 3.63) is 93.5 Å². The van der Waals surface area contributed by atoms with Crippen molar-refractivity contribution < 1.29 is 65.6 Å². The predicted octanol–water partition coefficient (Wildman–Crippen LogP) is 11.8. The zero-order chi connectivity index (χ0) is 46.7. The number of carbonyl (C=O) groups is 2. The van der Waals surface area contributed by atoms with Crippen molar-refractivity contribution in [1.82, 2.24) is 0 Å². The van der Waals surface area contributed by atoms with E-state index in [1.807, 2.05) is 65.8 Å². The number of phenols is 8. The van der Waals surface area contributed by atoms with E-state index >= 15 is 0 Å². The van der Waals surface area contributed by atoms with Gasteiger partial charge < -0.3 is 40.9 Å². The van der Waals surface area contributed by atoms with Gasteiger partial charge in [0.05, 0.1) is 0 Å². The van der Waals surface area contributed by atoms with Crippen LogP contribution in [-0.4, -0.2) is 51.9 Å². The molecule has 0 heterocycles. The molecular weight excluding hydrogens is 884 g/mol. The Morgan fingerprint density at radius 2 is 0.767 bits per heavy atom. The van der Waals surface area contributed by atoms with E-state index in [1.165, 1.54) is 18.2 Å². The van der Waals surface area contributed by atoms with Gasteiger partial charge in [-0.15, -0.1) is 0 Å². The average Bonchev–Trinajstić information content (AvgIpc) is 3.10. The monoisotopic (exact) mass is 942 g/mol. The topological polar surface area (TPSA) is 196 Å². The molecule has 0 spiro atoms. The quantitative estimate of drug-likeness (QED) is 0.0382. The van der Waals surface area contributed by atoms with E-state index in [9.17, 15) is 35.1 Å². The Balaban J connectivity index is 0.000000485. The van der Waals surface area contributed by atoms with Gasteiger partial charge in [0.1, 0.15) is 11.5 Å². The number of hydrogen-bond acceptors (Lipinski definition) is 10. The Labute approximate surface area is 375 Å². The Morgan fingerprint density at radius 3 is 1.03 bits per heavy atom. The van der Waals surface area contributed by atoms with Crippen LogP contribution in [-0.2, 0) is 54.4 Å². The summed E-state index contributed by atoms with van der Waals surface area (Å²) in [4.78, 5) is 23.5. The van der Waals surface area contributed by atoms with Crippen LogP contribution in [0.5, 0.6) is 46.0 Å². The van der Waals surface area contributed by atoms with Crippen LogP contribution >= 0.6 is 31.0 Å². The van der Waals surface area contributed by atoms with E-state index in [2.05, 4.69) is 41.5 Å². The fourth-order valence-corrected chi connectivity index (χ4v) is 5.99. The predicted molar refractivity (Wildman–Crippen MR) is 237 cm³/mol. The number of Topliss-reactive ketones (excluding diaryl/α,β-unsaturated/α-hetero) is 1. The van der Waals surface area contributed by atoms with E-state index < -0.39 is 38.1 Å². The Morgan fingerprint density at radius 1 is 0.483 bits per heavy atom. The minimum absolute atomic E-state index is 0.138. The normalized spacial score (nSPS) is 11.4. The van der Waals surface area contributed by atoms with Crippen molar-refractivity contribution in [2.45, 2.75) is 130 Å². The summed E-state index contributed by atoms with van der Waals surface area (Å²) in [5.41, 5.74) is 4.83. The first kappa shape index (κ1) is 54.1. The maximum atomic E-state index is 12.5. The van der Waals surface area contributed by atoms with Crippen LogP contribution in [0.2, 0.25) is 0 Å². The van der Waals surface area contributed by atoms with Crippen LogP contribution in [0.1, 0.15) is 140 Å². The number of rotatable bonds is 7. The summed E-state index contributed by atoms with van der Waals surface area (Å²) in [7, 11) is 9.90. The van der Waals surface area contributed by atoms with Gasteiger partial charge in [-0.05, 0) is 104 Å². The summed E-state index contributed by atoms with van der Waals surface area (Å²) in [5, 5.41) is 75.7. The summed E-state index contributed by atoms with van der Waals surface area (Å²) in [6.07, 6.45) is 1.55. The van der Waals surface area contributed by atoms with Crippen molar-refractivity contribution in [3.8, 4) is 46.0 Å². The molecule has 14 heteroatoms. The molecule has 0 saturated carbocycles. The number of halogens is 3. The molecule has 328 valence electrons. The number of carbonyl (C=O) groups excluding carboxylic acids is 2. The second kappa shape index (κ2) is 22.3. The van der Waals surface area contributed by atoms with Crippen LogP contribution < -0.4 is 0 Å². The maximum absolute atomic E-state index is 12.5. The summed E-state index contributed by atoms with van der Waals surface area (Å²) < 4.78 is 0. The Bertz CT molecular complexity index is 1980. The molecule has 4 aromatic carbocycles. The van der Waals surface area contributed by atoms with Gasteiger partial charge in [0.15, 0.2) is 40.3 Å². The van der Waals surface area contributed by atoms with Crippen LogP contribution in [0.4, 0.5) is 0 Å². The van der Waals surface area contributed by atoms with Gasteiger partial charge in [-0.25, -0.2) is 0 Å². The molecule has 0 aromatic heterocycles. The third-order valence-corrected chi connectivity index (χ3v) is 9.40.